The first-order valence-corrected chi connectivity index (χ1v) is 9.84. The fraction of sp³-hybridized carbons (Fsp3) is 0.136. The Morgan fingerprint density at radius 1 is 1.20 bits per heavy atom. The van der Waals surface area contributed by atoms with E-state index in [0.717, 1.165) is 22.5 Å². The molecule has 2 aliphatic heterocycles. The number of hydrogen-bond acceptors (Lipinski definition) is 6. The highest BCUT2D eigenvalue weighted by molar-refractivity contribution is 6.40. The summed E-state index contributed by atoms with van der Waals surface area (Å²) in [7, 11) is 0. The van der Waals surface area contributed by atoms with Crippen LogP contribution < -0.4 is 10.2 Å². The molecule has 0 saturated heterocycles. The molecule has 0 fully saturated rings. The van der Waals surface area contributed by atoms with Crippen molar-refractivity contribution >= 4 is 46.5 Å². The quantitative estimate of drug-likeness (QED) is 0.657. The molecule has 0 unspecified atom stereocenters. The number of amidine groups is 1. The Labute approximate surface area is 177 Å². The van der Waals surface area contributed by atoms with Crippen molar-refractivity contribution in [3.63, 3.8) is 0 Å². The van der Waals surface area contributed by atoms with Gasteiger partial charge in [0.25, 0.3) is 0 Å². The van der Waals surface area contributed by atoms with Gasteiger partial charge in [0.15, 0.2) is 0 Å². The van der Waals surface area contributed by atoms with Gasteiger partial charge >= 0.3 is 0 Å². The average Bonchev–Trinajstić information content (AvgIpc) is 3.26. The highest BCUT2D eigenvalue weighted by Crippen LogP contribution is 2.37. The van der Waals surface area contributed by atoms with Gasteiger partial charge in [-0.05, 0) is 29.8 Å². The molecule has 0 atom stereocenters. The molecule has 6 nitrogen and oxygen atoms in total. The molecule has 2 aliphatic rings. The van der Waals surface area contributed by atoms with Crippen molar-refractivity contribution in [2.45, 2.75) is 6.61 Å². The van der Waals surface area contributed by atoms with E-state index in [4.69, 9.17) is 11.6 Å². The maximum absolute atomic E-state index is 14.2. The van der Waals surface area contributed by atoms with E-state index in [2.05, 4.69) is 20.3 Å². The molecule has 2 aromatic carbocycles. The van der Waals surface area contributed by atoms with Gasteiger partial charge in [0.2, 0.25) is 5.95 Å². The van der Waals surface area contributed by atoms with Crippen molar-refractivity contribution in [1.29, 1.82) is 0 Å². The molecule has 3 aromatic rings. The summed E-state index contributed by atoms with van der Waals surface area (Å²) in [6, 6.07) is 12.0. The minimum atomic E-state index is -0.446. The van der Waals surface area contributed by atoms with Gasteiger partial charge in [-0.3, -0.25) is 4.99 Å². The van der Waals surface area contributed by atoms with Gasteiger partial charge in [-0.25, -0.2) is 9.37 Å². The molecule has 0 spiro atoms. The van der Waals surface area contributed by atoms with Crippen molar-refractivity contribution in [2.24, 2.45) is 4.99 Å². The number of nitrogens with one attached hydrogen (secondary N) is 1. The lowest BCUT2D eigenvalue weighted by Crippen LogP contribution is -2.32. The van der Waals surface area contributed by atoms with E-state index in [1.54, 1.807) is 6.20 Å². The molecule has 3 heterocycles. The van der Waals surface area contributed by atoms with Crippen LogP contribution in [-0.4, -0.2) is 34.0 Å². The van der Waals surface area contributed by atoms with E-state index in [1.807, 2.05) is 35.2 Å². The second kappa shape index (κ2) is 7.51. The minimum absolute atomic E-state index is 0.177. The Bertz CT molecular complexity index is 1210. The number of hydrogen-bond donors (Lipinski definition) is 2. The van der Waals surface area contributed by atoms with E-state index < -0.39 is 5.82 Å². The third kappa shape index (κ3) is 3.22. The van der Waals surface area contributed by atoms with Crippen molar-refractivity contribution in [1.82, 2.24) is 9.97 Å². The number of halogens is 2. The highest BCUT2D eigenvalue weighted by atomic mass is 35.5. The Balaban J connectivity index is 1.55. The smallest absolute Gasteiger partial charge is 0.229 e. The third-order valence-electron chi connectivity index (χ3n) is 5.06. The summed E-state index contributed by atoms with van der Waals surface area (Å²) in [6.45, 7) is 1.16. The van der Waals surface area contributed by atoms with Crippen LogP contribution in [0.1, 0.15) is 16.7 Å². The van der Waals surface area contributed by atoms with Gasteiger partial charge in [-0.1, -0.05) is 35.9 Å². The molecule has 2 N–H and O–H groups in total. The van der Waals surface area contributed by atoms with Gasteiger partial charge in [0.05, 0.1) is 18.8 Å². The number of anilines is 3. The van der Waals surface area contributed by atoms with Crippen LogP contribution in [0.25, 0.3) is 11.6 Å². The Kier molecular flexibility index (Phi) is 4.69. The average molecular weight is 422 g/mol. The van der Waals surface area contributed by atoms with E-state index in [9.17, 15) is 9.50 Å². The molecule has 0 amide bonds. The largest absolute Gasteiger partial charge is 0.392 e. The van der Waals surface area contributed by atoms with Gasteiger partial charge in [0, 0.05) is 34.5 Å². The van der Waals surface area contributed by atoms with Gasteiger partial charge < -0.3 is 15.3 Å². The van der Waals surface area contributed by atoms with Crippen LogP contribution in [0.5, 0.6) is 0 Å². The Hall–Kier alpha value is -3.29. The highest BCUT2D eigenvalue weighted by Gasteiger charge is 2.31. The monoisotopic (exact) mass is 421 g/mol. The number of aliphatic hydroxyl groups excluding tert-OH is 1. The summed E-state index contributed by atoms with van der Waals surface area (Å²) >= 11 is 6.42. The zero-order chi connectivity index (χ0) is 20.7. The second-order valence-electron chi connectivity index (χ2n) is 6.96. The predicted molar refractivity (Wildman–Crippen MR) is 117 cm³/mol. The molecule has 0 radical (unpaired) electrons. The lowest BCUT2D eigenvalue weighted by Gasteiger charge is -2.27. The van der Waals surface area contributed by atoms with Crippen molar-refractivity contribution in [2.75, 3.05) is 23.3 Å². The van der Waals surface area contributed by atoms with Gasteiger partial charge in [-0.2, -0.15) is 4.98 Å². The van der Waals surface area contributed by atoms with Crippen molar-refractivity contribution in [3.05, 3.63) is 76.2 Å². The SMILES string of the molecule is OCc1ccc(F)c(Nc2ncc3c(n2)N2CCN=C2C(c2ccccc2Cl)=C3)c1. The minimum Gasteiger partial charge on any atom is -0.392 e. The number of aliphatic hydroxyl groups is 1. The number of nitrogens with zero attached hydrogens (tertiary/aromatic N) is 4. The fourth-order valence-corrected chi connectivity index (χ4v) is 3.87. The van der Waals surface area contributed by atoms with Crippen LogP contribution in [0.15, 0.2) is 53.7 Å². The molecule has 1 aromatic heterocycles. The summed E-state index contributed by atoms with van der Waals surface area (Å²) in [4.78, 5) is 15.6. The first-order chi connectivity index (χ1) is 14.6. The topological polar surface area (TPSA) is 73.6 Å². The van der Waals surface area contributed by atoms with E-state index >= 15 is 0 Å². The van der Waals surface area contributed by atoms with E-state index in [-0.39, 0.29) is 18.2 Å². The zero-order valence-corrected chi connectivity index (χ0v) is 16.6. The van der Waals surface area contributed by atoms with Crippen molar-refractivity contribution in [3.8, 4) is 0 Å². The third-order valence-corrected chi connectivity index (χ3v) is 5.39. The summed E-state index contributed by atoms with van der Waals surface area (Å²) in [5, 5.41) is 12.9. The molecular formula is C22H17ClFN5O. The summed E-state index contributed by atoms with van der Waals surface area (Å²) < 4.78 is 14.2. The first kappa shape index (κ1) is 18.7. The predicted octanol–water partition coefficient (Wildman–Crippen LogP) is 4.28. The number of rotatable bonds is 4. The van der Waals surface area contributed by atoms with Gasteiger partial charge in [0.1, 0.15) is 17.5 Å². The lowest BCUT2D eigenvalue weighted by molar-refractivity contribution is 0.282. The number of aromatic nitrogens is 2. The fourth-order valence-electron chi connectivity index (χ4n) is 3.63. The number of aliphatic imine (C=N–C) groups is 1. The lowest BCUT2D eigenvalue weighted by atomic mass is 9.98. The maximum atomic E-state index is 14.2. The van der Waals surface area contributed by atoms with E-state index in [0.29, 0.717) is 29.5 Å². The standard InChI is InChI=1S/C22H17ClFN5O/c23-17-4-2-1-3-15(17)16-10-14-11-26-22(28-20(14)29-8-7-25-21(16)29)27-19-9-13(12-30)5-6-18(19)24/h1-6,9-11,30H,7-8,12H2,(H,26,27,28). The van der Waals surface area contributed by atoms with Crippen LogP contribution in [0.3, 0.4) is 0 Å². The molecule has 0 bridgehead atoms. The molecule has 0 saturated carbocycles. The normalized spacial score (nSPS) is 14.7. The second-order valence-corrected chi connectivity index (χ2v) is 7.37. The summed E-state index contributed by atoms with van der Waals surface area (Å²) in [6.07, 6.45) is 3.68. The number of fused-ring (bicyclic) bond motifs is 3. The Morgan fingerprint density at radius 2 is 2.07 bits per heavy atom. The summed E-state index contributed by atoms with van der Waals surface area (Å²) in [5.74, 6) is 1.34. The first-order valence-electron chi connectivity index (χ1n) is 9.46. The van der Waals surface area contributed by atoms with Crippen LogP contribution >= 0.6 is 11.6 Å². The molecule has 150 valence electrons. The number of benzene rings is 2. The van der Waals surface area contributed by atoms with Crippen LogP contribution in [0.4, 0.5) is 21.8 Å². The molecule has 0 aliphatic carbocycles. The van der Waals surface area contributed by atoms with Crippen LogP contribution in [0, 0.1) is 5.82 Å². The maximum Gasteiger partial charge on any atom is 0.229 e. The molecular weight excluding hydrogens is 405 g/mol. The van der Waals surface area contributed by atoms with Crippen LogP contribution in [-0.2, 0) is 6.61 Å². The zero-order valence-electron chi connectivity index (χ0n) is 15.8. The molecule has 8 heteroatoms. The van der Waals surface area contributed by atoms with Crippen molar-refractivity contribution < 1.29 is 9.50 Å². The van der Waals surface area contributed by atoms with E-state index in [1.165, 1.54) is 18.2 Å². The summed E-state index contributed by atoms with van der Waals surface area (Å²) in [5.41, 5.74) is 3.47. The molecule has 30 heavy (non-hydrogen) atoms. The molecule has 5 rings (SSSR count). The van der Waals surface area contributed by atoms with Gasteiger partial charge in [-0.15, -0.1) is 0 Å². The van der Waals surface area contributed by atoms with Crippen LogP contribution in [0.2, 0.25) is 5.02 Å². The Morgan fingerprint density at radius 3 is 2.90 bits per heavy atom.